The van der Waals surface area contributed by atoms with Crippen LogP contribution in [0.1, 0.15) is 6.42 Å². The third-order valence-electron chi connectivity index (χ3n) is 3.51. The Labute approximate surface area is 141 Å². The summed E-state index contributed by atoms with van der Waals surface area (Å²) in [5.74, 6) is -1.44. The van der Waals surface area contributed by atoms with Crippen molar-refractivity contribution in [2.45, 2.75) is 6.42 Å². The highest BCUT2D eigenvalue weighted by molar-refractivity contribution is 9.09. The van der Waals surface area contributed by atoms with Crippen LogP contribution >= 0.6 is 15.9 Å². The lowest BCUT2D eigenvalue weighted by Gasteiger charge is -2.21. The number of fused-ring (bicyclic) bond motifs is 1. The van der Waals surface area contributed by atoms with Gasteiger partial charge < -0.3 is 0 Å². The van der Waals surface area contributed by atoms with E-state index < -0.39 is 21.8 Å². The first-order valence-electron chi connectivity index (χ1n) is 6.90. The van der Waals surface area contributed by atoms with Crippen molar-refractivity contribution in [2.24, 2.45) is 0 Å². The zero-order chi connectivity index (χ0) is 16.6. The number of nitrogens with zero attached hydrogens (tertiary/aromatic N) is 2. The molecule has 8 heteroatoms. The van der Waals surface area contributed by atoms with Gasteiger partial charge in [-0.2, -0.15) is 8.42 Å². The second-order valence-corrected chi connectivity index (χ2v) is 7.44. The minimum Gasteiger partial charge on any atom is -0.251 e. The summed E-state index contributed by atoms with van der Waals surface area (Å²) < 4.78 is 56.0. The molecule has 122 valence electrons. The largest absolute Gasteiger partial charge is 0.331 e. The van der Waals surface area contributed by atoms with E-state index in [2.05, 4.69) is 15.9 Å². The number of alkyl halides is 1. The summed E-state index contributed by atoms with van der Waals surface area (Å²) in [6.45, 7) is 0.176. The van der Waals surface area contributed by atoms with Crippen LogP contribution in [0.2, 0.25) is 0 Å². The summed E-state index contributed by atoms with van der Waals surface area (Å²) >= 11 is 3.25. The SMILES string of the molecule is O=S1(=O)N(CCCBr)c2cccc(F)c2N1c1ccccc1F. The third-order valence-corrected chi connectivity index (χ3v) is 5.85. The molecule has 1 aliphatic rings. The van der Waals surface area contributed by atoms with Crippen LogP contribution in [-0.4, -0.2) is 20.3 Å². The highest BCUT2D eigenvalue weighted by Gasteiger charge is 2.43. The van der Waals surface area contributed by atoms with E-state index in [4.69, 9.17) is 0 Å². The van der Waals surface area contributed by atoms with Crippen LogP contribution in [-0.2, 0) is 10.2 Å². The van der Waals surface area contributed by atoms with Gasteiger partial charge in [0.05, 0.1) is 11.4 Å². The molecule has 2 aromatic rings. The minimum atomic E-state index is -4.09. The molecule has 0 unspecified atom stereocenters. The second-order valence-electron chi connectivity index (χ2n) is 4.95. The first-order chi connectivity index (χ1) is 11.0. The lowest BCUT2D eigenvalue weighted by molar-refractivity contribution is 0.588. The van der Waals surface area contributed by atoms with E-state index in [0.29, 0.717) is 11.8 Å². The van der Waals surface area contributed by atoms with Crippen molar-refractivity contribution in [2.75, 3.05) is 20.5 Å². The van der Waals surface area contributed by atoms with Gasteiger partial charge in [0.1, 0.15) is 17.3 Å². The van der Waals surface area contributed by atoms with Crippen molar-refractivity contribution >= 4 is 43.2 Å². The van der Waals surface area contributed by atoms with Crippen LogP contribution < -0.4 is 8.61 Å². The predicted molar refractivity (Wildman–Crippen MR) is 89.6 cm³/mol. The second kappa shape index (κ2) is 6.09. The molecule has 4 nitrogen and oxygen atoms in total. The van der Waals surface area contributed by atoms with Gasteiger partial charge in [-0.25, -0.2) is 13.1 Å². The molecule has 0 amide bonds. The van der Waals surface area contributed by atoms with Crippen LogP contribution in [0.25, 0.3) is 0 Å². The molecule has 2 aromatic carbocycles. The van der Waals surface area contributed by atoms with Crippen LogP contribution in [0.3, 0.4) is 0 Å². The zero-order valence-electron chi connectivity index (χ0n) is 11.9. The van der Waals surface area contributed by atoms with Gasteiger partial charge in [-0.1, -0.05) is 34.1 Å². The fourth-order valence-corrected chi connectivity index (χ4v) is 4.56. The number of rotatable bonds is 4. The van der Waals surface area contributed by atoms with E-state index in [1.807, 2.05) is 0 Å². The van der Waals surface area contributed by atoms with Gasteiger partial charge in [-0.05, 0) is 30.7 Å². The Morgan fingerprint density at radius 2 is 1.61 bits per heavy atom. The Hall–Kier alpha value is -1.67. The maximum atomic E-state index is 14.3. The van der Waals surface area contributed by atoms with Crippen LogP contribution in [0, 0.1) is 11.6 Å². The normalized spacial score (nSPS) is 15.8. The maximum Gasteiger partial charge on any atom is 0.331 e. The number of halogens is 3. The molecule has 0 saturated carbocycles. The molecule has 0 N–H and O–H groups in total. The summed E-state index contributed by atoms with van der Waals surface area (Å²) in [6.07, 6.45) is 0.542. The van der Waals surface area contributed by atoms with Crippen LogP contribution in [0.4, 0.5) is 25.8 Å². The van der Waals surface area contributed by atoms with Crippen molar-refractivity contribution in [1.29, 1.82) is 0 Å². The van der Waals surface area contributed by atoms with Crippen molar-refractivity contribution < 1.29 is 17.2 Å². The maximum absolute atomic E-state index is 14.3. The molecule has 0 saturated heterocycles. The molecular weight excluding hydrogens is 390 g/mol. The van der Waals surface area contributed by atoms with Gasteiger partial charge in [0.2, 0.25) is 0 Å². The standard InChI is InChI=1S/C15H13BrF2N2O2S/c16-9-4-10-19-14-8-3-6-12(18)15(14)20(23(19,21)22)13-7-2-1-5-11(13)17/h1-3,5-8H,4,9-10H2. The van der Waals surface area contributed by atoms with Gasteiger partial charge >= 0.3 is 10.2 Å². The highest BCUT2D eigenvalue weighted by Crippen LogP contribution is 2.47. The summed E-state index contributed by atoms with van der Waals surface area (Å²) in [5, 5.41) is 0.601. The number of para-hydroxylation sites is 2. The molecule has 3 rings (SSSR count). The van der Waals surface area contributed by atoms with E-state index in [1.54, 1.807) is 0 Å². The number of benzene rings is 2. The predicted octanol–water partition coefficient (Wildman–Crippen LogP) is 3.95. The topological polar surface area (TPSA) is 40.6 Å². The van der Waals surface area contributed by atoms with E-state index in [-0.39, 0.29) is 23.6 Å². The Kier molecular flexibility index (Phi) is 4.29. The van der Waals surface area contributed by atoms with Gasteiger partial charge in [0.25, 0.3) is 0 Å². The number of hydrogen-bond acceptors (Lipinski definition) is 2. The molecule has 0 atom stereocenters. The van der Waals surface area contributed by atoms with Crippen molar-refractivity contribution in [1.82, 2.24) is 0 Å². The molecule has 0 radical (unpaired) electrons. The van der Waals surface area contributed by atoms with Crippen molar-refractivity contribution in [3.8, 4) is 0 Å². The smallest absolute Gasteiger partial charge is 0.251 e. The Morgan fingerprint density at radius 3 is 2.30 bits per heavy atom. The van der Waals surface area contributed by atoms with E-state index in [1.165, 1.54) is 30.3 Å². The highest BCUT2D eigenvalue weighted by atomic mass is 79.9. The molecule has 1 aliphatic heterocycles. The summed E-state index contributed by atoms with van der Waals surface area (Å²) in [6, 6.07) is 9.54. The lowest BCUT2D eigenvalue weighted by Crippen LogP contribution is -2.36. The molecule has 1 heterocycles. The molecule has 23 heavy (non-hydrogen) atoms. The average Bonchev–Trinajstić information content (AvgIpc) is 2.74. The van der Waals surface area contributed by atoms with Gasteiger partial charge in [0.15, 0.2) is 0 Å². The molecule has 0 aliphatic carbocycles. The molecule has 0 aromatic heterocycles. The lowest BCUT2D eigenvalue weighted by atomic mass is 10.2. The summed E-state index contributed by atoms with van der Waals surface area (Å²) in [7, 11) is -4.09. The third kappa shape index (κ3) is 2.59. The first-order valence-corrected chi connectivity index (χ1v) is 9.42. The fraction of sp³-hybridized carbons (Fsp3) is 0.200. The van der Waals surface area contributed by atoms with E-state index >= 15 is 0 Å². The van der Waals surface area contributed by atoms with Crippen LogP contribution in [0.15, 0.2) is 42.5 Å². The molecular formula is C15H13BrF2N2O2S. The quantitative estimate of drug-likeness (QED) is 0.726. The molecule has 0 bridgehead atoms. The fourth-order valence-electron chi connectivity index (χ4n) is 2.54. The Balaban J connectivity index is 2.23. The number of hydrogen-bond donors (Lipinski definition) is 0. The van der Waals surface area contributed by atoms with Crippen LogP contribution in [0.5, 0.6) is 0 Å². The summed E-state index contributed by atoms with van der Waals surface area (Å²) in [5.41, 5.74) is -0.124. The minimum absolute atomic E-state index is 0.146. The average molecular weight is 403 g/mol. The Bertz CT molecular complexity index is 845. The van der Waals surface area contributed by atoms with Gasteiger partial charge in [-0.15, -0.1) is 0 Å². The molecule has 0 fully saturated rings. The van der Waals surface area contributed by atoms with Crippen molar-refractivity contribution in [3.63, 3.8) is 0 Å². The van der Waals surface area contributed by atoms with Gasteiger partial charge in [0, 0.05) is 11.9 Å². The van der Waals surface area contributed by atoms with E-state index in [9.17, 15) is 17.2 Å². The number of anilines is 3. The van der Waals surface area contributed by atoms with Crippen molar-refractivity contribution in [3.05, 3.63) is 54.1 Å². The monoisotopic (exact) mass is 402 g/mol. The summed E-state index contributed by atoms with van der Waals surface area (Å²) in [4.78, 5) is 0. The van der Waals surface area contributed by atoms with E-state index in [0.717, 1.165) is 20.7 Å². The molecule has 0 spiro atoms. The Morgan fingerprint density at radius 1 is 0.957 bits per heavy atom. The van der Waals surface area contributed by atoms with Gasteiger partial charge in [-0.3, -0.25) is 4.31 Å². The first kappa shape index (κ1) is 16.2. The zero-order valence-corrected chi connectivity index (χ0v) is 14.3.